The molecule has 4 rings (SSSR count). The Bertz CT molecular complexity index is 1120. The van der Waals surface area contributed by atoms with Crippen molar-refractivity contribution in [3.63, 3.8) is 0 Å². The molecule has 0 unspecified atom stereocenters. The van der Waals surface area contributed by atoms with E-state index in [2.05, 4.69) is 26.5 Å². The molecular formula is C22H21N5O3S. The van der Waals surface area contributed by atoms with E-state index < -0.39 is 4.92 Å². The van der Waals surface area contributed by atoms with Crippen molar-refractivity contribution in [1.29, 1.82) is 0 Å². The maximum absolute atomic E-state index is 11.2. The minimum Gasteiger partial charge on any atom is -0.490 e. The number of nitro benzene ring substituents is 1. The zero-order chi connectivity index (χ0) is 21.6. The van der Waals surface area contributed by atoms with Gasteiger partial charge in [-0.3, -0.25) is 10.1 Å². The molecule has 0 atom stereocenters. The van der Waals surface area contributed by atoms with Gasteiger partial charge in [-0.1, -0.05) is 17.7 Å². The Morgan fingerprint density at radius 2 is 2.00 bits per heavy atom. The first-order valence-corrected chi connectivity index (χ1v) is 10.9. The summed E-state index contributed by atoms with van der Waals surface area (Å²) in [4.78, 5) is 19.8. The Morgan fingerprint density at radius 3 is 2.71 bits per heavy atom. The molecule has 0 aliphatic carbocycles. The van der Waals surface area contributed by atoms with Crippen molar-refractivity contribution in [2.45, 2.75) is 24.1 Å². The Hall–Kier alpha value is -3.35. The molecule has 3 aromatic rings. The predicted molar refractivity (Wildman–Crippen MR) is 122 cm³/mol. The Morgan fingerprint density at radius 1 is 1.23 bits per heavy atom. The van der Waals surface area contributed by atoms with E-state index in [1.54, 1.807) is 6.07 Å². The van der Waals surface area contributed by atoms with Crippen molar-refractivity contribution in [3.05, 3.63) is 52.6 Å². The van der Waals surface area contributed by atoms with Crippen molar-refractivity contribution in [3.8, 4) is 18.1 Å². The van der Waals surface area contributed by atoms with Crippen LogP contribution in [-0.4, -0.2) is 39.8 Å². The number of anilines is 2. The van der Waals surface area contributed by atoms with Crippen molar-refractivity contribution in [2.24, 2.45) is 0 Å². The summed E-state index contributed by atoms with van der Waals surface area (Å²) in [5.74, 6) is 4.28. The molecule has 9 heteroatoms. The van der Waals surface area contributed by atoms with Crippen molar-refractivity contribution < 1.29 is 9.66 Å². The average molecular weight is 436 g/mol. The molecule has 0 saturated carbocycles. The van der Waals surface area contributed by atoms with E-state index in [-0.39, 0.29) is 11.8 Å². The lowest BCUT2D eigenvalue weighted by Crippen LogP contribution is -2.34. The van der Waals surface area contributed by atoms with E-state index in [0.29, 0.717) is 27.6 Å². The first-order chi connectivity index (χ1) is 15.1. The monoisotopic (exact) mass is 435 g/mol. The van der Waals surface area contributed by atoms with E-state index >= 15 is 0 Å². The highest BCUT2D eigenvalue weighted by molar-refractivity contribution is 7.99. The van der Waals surface area contributed by atoms with Crippen LogP contribution in [0.3, 0.4) is 0 Å². The molecule has 2 aromatic carbocycles. The van der Waals surface area contributed by atoms with Crippen LogP contribution < -0.4 is 15.4 Å². The fourth-order valence-corrected chi connectivity index (χ4v) is 3.87. The van der Waals surface area contributed by atoms with Gasteiger partial charge in [-0.15, -0.1) is 6.42 Å². The molecule has 1 saturated heterocycles. The van der Waals surface area contributed by atoms with Gasteiger partial charge in [0.1, 0.15) is 17.7 Å². The maximum Gasteiger partial charge on any atom is 0.270 e. The molecule has 0 radical (unpaired) electrons. The first kappa shape index (κ1) is 20.9. The second kappa shape index (κ2) is 9.64. The molecule has 0 amide bonds. The van der Waals surface area contributed by atoms with Gasteiger partial charge in [0.15, 0.2) is 5.16 Å². The Balaban J connectivity index is 1.60. The number of nitrogens with zero attached hydrogens (tertiary/aromatic N) is 3. The quantitative estimate of drug-likeness (QED) is 0.188. The van der Waals surface area contributed by atoms with Crippen molar-refractivity contribution in [1.82, 2.24) is 15.3 Å². The minimum atomic E-state index is -0.433. The first-order valence-electron chi connectivity index (χ1n) is 9.89. The van der Waals surface area contributed by atoms with Crippen LogP contribution in [-0.2, 0) is 0 Å². The molecule has 1 aromatic heterocycles. The SMILES string of the molecule is C#CCSc1nc(Nc2ccc(OC3CCNCC3)cc2)c2cc([N+](=O)[O-])ccc2n1. The van der Waals surface area contributed by atoms with E-state index in [4.69, 9.17) is 11.2 Å². The van der Waals surface area contributed by atoms with Crippen LogP contribution >= 0.6 is 11.8 Å². The third kappa shape index (κ3) is 5.23. The molecule has 1 fully saturated rings. The Kier molecular flexibility index (Phi) is 6.50. The second-order valence-corrected chi connectivity index (χ2v) is 7.97. The van der Waals surface area contributed by atoms with Crippen LogP contribution in [0.5, 0.6) is 5.75 Å². The largest absolute Gasteiger partial charge is 0.490 e. The summed E-state index contributed by atoms with van der Waals surface area (Å²) in [5.41, 5.74) is 1.37. The van der Waals surface area contributed by atoms with Crippen LogP contribution in [0.1, 0.15) is 12.8 Å². The summed E-state index contributed by atoms with van der Waals surface area (Å²) in [5, 5.41) is 18.9. The van der Waals surface area contributed by atoms with Gasteiger partial charge in [0.05, 0.1) is 16.2 Å². The summed E-state index contributed by atoms with van der Waals surface area (Å²) in [7, 11) is 0. The highest BCUT2D eigenvalue weighted by Crippen LogP contribution is 2.30. The number of aromatic nitrogens is 2. The predicted octanol–water partition coefficient (Wildman–Crippen LogP) is 4.14. The van der Waals surface area contributed by atoms with E-state index in [1.165, 1.54) is 23.9 Å². The fourth-order valence-electron chi connectivity index (χ4n) is 3.33. The molecule has 31 heavy (non-hydrogen) atoms. The summed E-state index contributed by atoms with van der Waals surface area (Å²) < 4.78 is 6.05. The fraction of sp³-hybridized carbons (Fsp3) is 0.273. The van der Waals surface area contributed by atoms with Gasteiger partial charge in [0.2, 0.25) is 0 Å². The van der Waals surface area contributed by atoms with Gasteiger partial charge in [0.25, 0.3) is 5.69 Å². The number of terminal acetylenes is 1. The maximum atomic E-state index is 11.2. The number of nitro groups is 1. The van der Waals surface area contributed by atoms with Crippen LogP contribution in [0.2, 0.25) is 0 Å². The number of thioether (sulfide) groups is 1. The highest BCUT2D eigenvalue weighted by Gasteiger charge is 2.15. The van der Waals surface area contributed by atoms with E-state index in [9.17, 15) is 10.1 Å². The van der Waals surface area contributed by atoms with Gasteiger partial charge in [-0.2, -0.15) is 0 Å². The number of benzene rings is 2. The van der Waals surface area contributed by atoms with Gasteiger partial charge < -0.3 is 15.4 Å². The number of ether oxygens (including phenoxy) is 1. The molecular weight excluding hydrogens is 414 g/mol. The van der Waals surface area contributed by atoms with Gasteiger partial charge in [-0.25, -0.2) is 9.97 Å². The lowest BCUT2D eigenvalue weighted by atomic mass is 10.1. The number of nitrogens with one attached hydrogen (secondary N) is 2. The lowest BCUT2D eigenvalue weighted by Gasteiger charge is -2.23. The van der Waals surface area contributed by atoms with Crippen molar-refractivity contribution in [2.75, 3.05) is 24.2 Å². The number of hydrogen-bond donors (Lipinski definition) is 2. The standard InChI is InChI=1S/C22H21N5O3S/c1-2-13-31-22-25-20-8-5-16(27(28)29)14-19(20)21(26-22)24-15-3-6-17(7-4-15)30-18-9-11-23-12-10-18/h1,3-8,14,18,23H,9-13H2,(H,24,25,26). The third-order valence-electron chi connectivity index (χ3n) is 4.86. The number of fused-ring (bicyclic) bond motifs is 1. The zero-order valence-corrected chi connectivity index (χ0v) is 17.5. The van der Waals surface area contributed by atoms with E-state index in [1.807, 2.05) is 24.3 Å². The van der Waals surface area contributed by atoms with Gasteiger partial charge in [-0.05, 0) is 56.3 Å². The topological polar surface area (TPSA) is 102 Å². The molecule has 0 bridgehead atoms. The molecule has 2 N–H and O–H groups in total. The number of non-ortho nitro benzene ring substituents is 1. The summed E-state index contributed by atoms with van der Waals surface area (Å²) >= 11 is 1.34. The third-order valence-corrected chi connectivity index (χ3v) is 5.61. The summed E-state index contributed by atoms with van der Waals surface area (Å²) in [6, 6.07) is 12.1. The number of hydrogen-bond acceptors (Lipinski definition) is 8. The minimum absolute atomic E-state index is 0.0195. The molecule has 158 valence electrons. The molecule has 1 aliphatic rings. The Labute approximate surface area is 184 Å². The van der Waals surface area contributed by atoms with Gasteiger partial charge >= 0.3 is 0 Å². The van der Waals surface area contributed by atoms with Gasteiger partial charge in [0, 0.05) is 23.2 Å². The van der Waals surface area contributed by atoms with Crippen LogP contribution in [0.25, 0.3) is 10.9 Å². The second-order valence-electron chi connectivity index (χ2n) is 7.02. The lowest BCUT2D eigenvalue weighted by molar-refractivity contribution is -0.384. The van der Waals surface area contributed by atoms with Crippen LogP contribution in [0, 0.1) is 22.5 Å². The van der Waals surface area contributed by atoms with Crippen LogP contribution in [0.15, 0.2) is 47.6 Å². The van der Waals surface area contributed by atoms with Crippen molar-refractivity contribution >= 4 is 39.9 Å². The highest BCUT2D eigenvalue weighted by atomic mass is 32.2. The number of rotatable bonds is 7. The van der Waals surface area contributed by atoms with E-state index in [0.717, 1.165) is 37.4 Å². The molecule has 0 spiro atoms. The normalized spacial score (nSPS) is 14.2. The number of piperidine rings is 1. The molecule has 2 heterocycles. The summed E-state index contributed by atoms with van der Waals surface area (Å²) in [6.07, 6.45) is 7.56. The smallest absolute Gasteiger partial charge is 0.270 e. The molecule has 1 aliphatic heterocycles. The zero-order valence-electron chi connectivity index (χ0n) is 16.7. The summed E-state index contributed by atoms with van der Waals surface area (Å²) in [6.45, 7) is 1.94. The molecule has 8 nitrogen and oxygen atoms in total. The van der Waals surface area contributed by atoms with Crippen LogP contribution in [0.4, 0.5) is 17.2 Å². The average Bonchev–Trinajstić information content (AvgIpc) is 2.79.